The Bertz CT molecular complexity index is 1590. The Morgan fingerprint density at radius 1 is 0.973 bits per heavy atom. The average Bonchev–Trinajstić information content (AvgIpc) is 3.52. The zero-order valence-corrected chi connectivity index (χ0v) is 22.7. The summed E-state index contributed by atoms with van der Waals surface area (Å²) in [7, 11) is 0. The number of fused-ring (bicyclic) bond motifs is 1. The maximum Gasteiger partial charge on any atom is 0.206 e. The quantitative estimate of drug-likeness (QED) is 0.249. The fourth-order valence-electron chi connectivity index (χ4n) is 4.75. The number of aromatic nitrogens is 4. The average molecular weight is 600 g/mol. The number of nitrogens with one attached hydrogen (secondary N) is 1. The summed E-state index contributed by atoms with van der Waals surface area (Å²) in [6.45, 7) is 3.87. The molecular formula is C27H22BrCl2FN6. The maximum atomic E-state index is 13.9. The van der Waals surface area contributed by atoms with Gasteiger partial charge in [-0.2, -0.15) is 5.10 Å². The maximum absolute atomic E-state index is 13.9. The molecule has 0 unspecified atom stereocenters. The Hall–Kier alpha value is -2.91. The van der Waals surface area contributed by atoms with Gasteiger partial charge in [-0.1, -0.05) is 45.2 Å². The number of rotatable bonds is 5. The van der Waals surface area contributed by atoms with E-state index in [2.05, 4.69) is 35.8 Å². The molecule has 2 aromatic heterocycles. The van der Waals surface area contributed by atoms with Crippen LogP contribution in [0.5, 0.6) is 0 Å². The van der Waals surface area contributed by atoms with Crippen molar-refractivity contribution in [2.24, 2.45) is 0 Å². The summed E-state index contributed by atoms with van der Waals surface area (Å²) < 4.78 is 18.9. The van der Waals surface area contributed by atoms with Gasteiger partial charge < -0.3 is 14.8 Å². The van der Waals surface area contributed by atoms with E-state index in [-0.39, 0.29) is 5.02 Å². The van der Waals surface area contributed by atoms with E-state index in [1.165, 1.54) is 6.07 Å². The van der Waals surface area contributed by atoms with Crippen LogP contribution in [-0.4, -0.2) is 45.5 Å². The monoisotopic (exact) mass is 598 g/mol. The molecule has 0 radical (unpaired) electrons. The van der Waals surface area contributed by atoms with Gasteiger partial charge in [-0.05, 0) is 60.2 Å². The van der Waals surface area contributed by atoms with Crippen molar-refractivity contribution >= 4 is 56.1 Å². The summed E-state index contributed by atoms with van der Waals surface area (Å²) in [5, 5.41) is 8.68. The van der Waals surface area contributed by atoms with E-state index in [1.54, 1.807) is 18.3 Å². The third kappa shape index (κ3) is 4.75. The largest absolute Gasteiger partial charge is 0.340 e. The van der Waals surface area contributed by atoms with Crippen LogP contribution in [-0.2, 0) is 6.54 Å². The molecule has 1 N–H and O–H groups in total. The molecule has 1 aliphatic heterocycles. The van der Waals surface area contributed by atoms with Gasteiger partial charge >= 0.3 is 0 Å². The first-order valence-electron chi connectivity index (χ1n) is 11.9. The summed E-state index contributed by atoms with van der Waals surface area (Å²) in [5.74, 6) is 0.407. The first-order chi connectivity index (χ1) is 18.0. The highest BCUT2D eigenvalue weighted by atomic mass is 79.9. The lowest BCUT2D eigenvalue weighted by Gasteiger charge is -2.29. The highest BCUT2D eigenvalue weighted by molar-refractivity contribution is 9.10. The van der Waals surface area contributed by atoms with Crippen molar-refractivity contribution in [2.45, 2.75) is 6.54 Å². The van der Waals surface area contributed by atoms with E-state index >= 15 is 0 Å². The summed E-state index contributed by atoms with van der Waals surface area (Å²) >= 11 is 16.3. The lowest BCUT2D eigenvalue weighted by atomic mass is 10.1. The molecule has 1 saturated heterocycles. The van der Waals surface area contributed by atoms with Crippen molar-refractivity contribution in [3.8, 4) is 16.9 Å². The molecule has 6 nitrogen and oxygen atoms in total. The van der Waals surface area contributed by atoms with Crippen LogP contribution in [0.1, 0.15) is 5.56 Å². The highest BCUT2D eigenvalue weighted by Crippen LogP contribution is 2.36. The molecular weight excluding hydrogens is 578 g/mol. The van der Waals surface area contributed by atoms with Gasteiger partial charge in [0.25, 0.3) is 0 Å². The van der Waals surface area contributed by atoms with E-state index < -0.39 is 5.82 Å². The molecule has 1 aliphatic rings. The number of piperazine rings is 1. The Morgan fingerprint density at radius 3 is 2.51 bits per heavy atom. The van der Waals surface area contributed by atoms with E-state index in [9.17, 15) is 4.39 Å². The minimum Gasteiger partial charge on any atom is -0.340 e. The second-order valence-electron chi connectivity index (χ2n) is 8.91. The van der Waals surface area contributed by atoms with Crippen LogP contribution >= 0.6 is 39.1 Å². The molecule has 0 atom stereocenters. The molecule has 10 heteroatoms. The summed E-state index contributed by atoms with van der Waals surface area (Å²) in [5.41, 5.74) is 5.29. The van der Waals surface area contributed by atoms with Crippen molar-refractivity contribution in [1.82, 2.24) is 24.6 Å². The van der Waals surface area contributed by atoms with E-state index in [4.69, 9.17) is 28.2 Å². The predicted molar refractivity (Wildman–Crippen MR) is 151 cm³/mol. The molecule has 0 amide bonds. The van der Waals surface area contributed by atoms with E-state index in [1.807, 2.05) is 47.1 Å². The van der Waals surface area contributed by atoms with Crippen LogP contribution in [0.4, 0.5) is 10.3 Å². The van der Waals surface area contributed by atoms with Crippen LogP contribution < -0.4 is 10.2 Å². The lowest BCUT2D eigenvalue weighted by molar-refractivity contribution is 0.571. The van der Waals surface area contributed by atoms with Crippen molar-refractivity contribution in [3.05, 3.63) is 92.8 Å². The van der Waals surface area contributed by atoms with Gasteiger partial charge in [0, 0.05) is 41.2 Å². The van der Waals surface area contributed by atoms with Gasteiger partial charge in [-0.15, -0.1) is 0 Å². The first-order valence-corrected chi connectivity index (χ1v) is 13.4. The minimum atomic E-state index is -0.435. The third-order valence-corrected chi connectivity index (χ3v) is 7.55. The number of imidazole rings is 1. The predicted octanol–water partition coefficient (Wildman–Crippen LogP) is 6.56. The highest BCUT2D eigenvalue weighted by Gasteiger charge is 2.23. The number of halogens is 4. The number of anilines is 1. The third-order valence-electron chi connectivity index (χ3n) is 6.51. The van der Waals surface area contributed by atoms with Crippen molar-refractivity contribution < 1.29 is 4.39 Å². The van der Waals surface area contributed by atoms with Crippen molar-refractivity contribution in [3.63, 3.8) is 0 Å². The molecule has 6 rings (SSSR count). The Balaban J connectivity index is 1.54. The molecule has 0 saturated carbocycles. The van der Waals surface area contributed by atoms with Gasteiger partial charge in [-0.25, -0.2) is 14.1 Å². The SMILES string of the molecule is Fc1ccc(Cn2c(N3CCNCC3)nc3c(-c4ccnn4-c4ccc(Br)cc4)cc(Cl)cc32)cc1Cl. The smallest absolute Gasteiger partial charge is 0.206 e. The van der Waals surface area contributed by atoms with Gasteiger partial charge in [0.2, 0.25) is 5.95 Å². The molecule has 3 heterocycles. The number of nitrogens with zero attached hydrogens (tertiary/aromatic N) is 5. The fourth-order valence-corrected chi connectivity index (χ4v) is 5.43. The number of hydrogen-bond donors (Lipinski definition) is 1. The minimum absolute atomic E-state index is 0.0998. The molecule has 1 fully saturated rings. The Morgan fingerprint density at radius 2 is 1.76 bits per heavy atom. The lowest BCUT2D eigenvalue weighted by Crippen LogP contribution is -2.44. The van der Waals surface area contributed by atoms with Gasteiger partial charge in [0.05, 0.1) is 34.7 Å². The number of benzene rings is 3. The Kier molecular flexibility index (Phi) is 6.67. The first kappa shape index (κ1) is 24.4. The zero-order chi connectivity index (χ0) is 25.5. The Labute approximate surface area is 231 Å². The number of hydrogen-bond acceptors (Lipinski definition) is 4. The second-order valence-corrected chi connectivity index (χ2v) is 10.7. The topological polar surface area (TPSA) is 50.9 Å². The molecule has 0 aliphatic carbocycles. The van der Waals surface area contributed by atoms with Crippen LogP contribution in [0.2, 0.25) is 10.0 Å². The normalized spacial score (nSPS) is 14.0. The summed E-state index contributed by atoms with van der Waals surface area (Å²) in [4.78, 5) is 7.43. The molecule has 37 heavy (non-hydrogen) atoms. The van der Waals surface area contributed by atoms with Crippen LogP contribution in [0, 0.1) is 5.82 Å². The van der Waals surface area contributed by atoms with E-state index in [0.29, 0.717) is 11.6 Å². The summed E-state index contributed by atoms with van der Waals surface area (Å²) in [6, 6.07) is 18.6. The zero-order valence-electron chi connectivity index (χ0n) is 19.6. The molecule has 188 valence electrons. The fraction of sp³-hybridized carbons (Fsp3) is 0.185. The van der Waals surface area contributed by atoms with Crippen LogP contribution in [0.25, 0.3) is 28.0 Å². The molecule has 0 bridgehead atoms. The molecule has 0 spiro atoms. The summed E-state index contributed by atoms with van der Waals surface area (Å²) in [6.07, 6.45) is 1.78. The molecule has 3 aromatic carbocycles. The second kappa shape index (κ2) is 10.1. The van der Waals surface area contributed by atoms with Crippen LogP contribution in [0.15, 0.2) is 71.3 Å². The van der Waals surface area contributed by atoms with Gasteiger partial charge in [-0.3, -0.25) is 0 Å². The van der Waals surface area contributed by atoms with Crippen molar-refractivity contribution in [2.75, 3.05) is 31.1 Å². The van der Waals surface area contributed by atoms with E-state index in [0.717, 1.165) is 70.1 Å². The molecule has 5 aromatic rings. The van der Waals surface area contributed by atoms with Crippen LogP contribution in [0.3, 0.4) is 0 Å². The van der Waals surface area contributed by atoms with Crippen molar-refractivity contribution in [1.29, 1.82) is 0 Å². The standard InChI is InChI=1S/C27H22BrCl2FN6/c28-18-2-4-20(5-3-18)37-24(7-8-33-37)21-14-19(29)15-25-26(21)34-27(35-11-9-32-10-12-35)36(25)16-17-1-6-23(31)22(30)13-17/h1-8,13-15,32H,9-12,16H2. The van der Waals surface area contributed by atoms with Gasteiger partial charge in [0.15, 0.2) is 0 Å². The van der Waals surface area contributed by atoms with Gasteiger partial charge in [0.1, 0.15) is 11.3 Å².